The normalized spacial score (nSPS) is 14.4. The zero-order valence-corrected chi connectivity index (χ0v) is 29.8. The zero-order valence-electron chi connectivity index (χ0n) is 29.8. The molecule has 55 heavy (non-hydrogen) atoms. The molecule has 0 saturated carbocycles. The molecule has 1 unspecified atom stereocenters. The minimum Gasteiger partial charge on any atom is -0.456 e. The summed E-state index contributed by atoms with van der Waals surface area (Å²) < 4.78 is 6.52. The van der Waals surface area contributed by atoms with Gasteiger partial charge in [0.05, 0.1) is 0 Å². The topological polar surface area (TPSA) is 49.9 Å². The molecule has 1 N–H and O–H groups in total. The Balaban J connectivity index is 1.14. The summed E-state index contributed by atoms with van der Waals surface area (Å²) in [5.41, 5.74) is 9.21. The van der Waals surface area contributed by atoms with E-state index < -0.39 is 6.17 Å². The maximum atomic E-state index is 6.52. The van der Waals surface area contributed by atoms with Gasteiger partial charge in [-0.15, -0.1) is 0 Å². The Bertz CT molecular complexity index is 3170. The van der Waals surface area contributed by atoms with Crippen molar-refractivity contribution in [2.75, 3.05) is 0 Å². The molecule has 1 aliphatic heterocycles. The van der Waals surface area contributed by atoms with Crippen molar-refractivity contribution in [2.45, 2.75) is 6.17 Å². The molecule has 4 nitrogen and oxygen atoms in total. The first kappa shape index (κ1) is 31.2. The predicted octanol–water partition coefficient (Wildman–Crippen LogP) is 12.9. The molecule has 0 saturated heterocycles. The van der Waals surface area contributed by atoms with E-state index in [-0.39, 0.29) is 0 Å². The highest BCUT2D eigenvalue weighted by Gasteiger charge is 2.28. The van der Waals surface area contributed by atoms with Crippen molar-refractivity contribution in [3.63, 3.8) is 0 Å². The summed E-state index contributed by atoms with van der Waals surface area (Å²) >= 11 is 0. The number of nitrogens with zero attached hydrogens (tertiary/aromatic N) is 2. The van der Waals surface area contributed by atoms with Crippen LogP contribution in [0.2, 0.25) is 0 Å². The van der Waals surface area contributed by atoms with Crippen molar-refractivity contribution < 1.29 is 4.42 Å². The van der Waals surface area contributed by atoms with E-state index in [1.807, 2.05) is 18.2 Å². The number of para-hydroxylation sites is 1. The lowest BCUT2D eigenvalue weighted by Gasteiger charge is -2.26. The fourth-order valence-corrected chi connectivity index (χ4v) is 8.20. The molecule has 0 bridgehead atoms. The Kier molecular flexibility index (Phi) is 7.20. The lowest BCUT2D eigenvalue weighted by molar-refractivity contribution is 0.663. The lowest BCUT2D eigenvalue weighted by atomic mass is 9.91. The Morgan fingerprint density at radius 3 is 1.89 bits per heavy atom. The summed E-state index contributed by atoms with van der Waals surface area (Å²) in [7, 11) is 0. The van der Waals surface area contributed by atoms with Gasteiger partial charge in [0, 0.05) is 27.5 Å². The van der Waals surface area contributed by atoms with E-state index in [1.165, 1.54) is 32.5 Å². The third-order valence-corrected chi connectivity index (χ3v) is 10.9. The number of hydrogen-bond acceptors (Lipinski definition) is 4. The zero-order chi connectivity index (χ0) is 36.3. The third kappa shape index (κ3) is 5.38. The van der Waals surface area contributed by atoms with Crippen LogP contribution in [-0.2, 0) is 0 Å². The molecule has 4 heteroatoms. The molecule has 1 atom stereocenters. The number of rotatable bonds is 5. The molecule has 10 aromatic rings. The quantitative estimate of drug-likeness (QED) is 0.181. The lowest BCUT2D eigenvalue weighted by Crippen LogP contribution is -2.34. The SMILES string of the molecule is c1ccc(-c2ccc(C3=NC(c4ccc5ccccc5c4)=NC(c4c(-c5ccc6ccc7ccccc7c6c5)ccc5oc6ccccc6c45)N3)cc2)cc1. The van der Waals surface area contributed by atoms with Gasteiger partial charge in [-0.05, 0) is 78.8 Å². The predicted molar refractivity (Wildman–Crippen MR) is 229 cm³/mol. The summed E-state index contributed by atoms with van der Waals surface area (Å²) in [6, 6.07) is 66.4. The van der Waals surface area contributed by atoms with Crippen molar-refractivity contribution in [2.24, 2.45) is 9.98 Å². The number of aliphatic imine (C=N–C) groups is 2. The first-order valence-electron chi connectivity index (χ1n) is 18.7. The van der Waals surface area contributed by atoms with Gasteiger partial charge in [0.2, 0.25) is 0 Å². The van der Waals surface area contributed by atoms with Crippen LogP contribution in [0, 0.1) is 0 Å². The Labute approximate surface area is 317 Å². The van der Waals surface area contributed by atoms with Gasteiger partial charge in [0.1, 0.15) is 23.2 Å². The molecular weight excluding hydrogens is 671 g/mol. The van der Waals surface area contributed by atoms with E-state index in [0.29, 0.717) is 5.84 Å². The minimum atomic E-state index is -0.481. The fourth-order valence-electron chi connectivity index (χ4n) is 8.20. The summed E-state index contributed by atoms with van der Waals surface area (Å²) in [6.45, 7) is 0. The van der Waals surface area contributed by atoms with Crippen LogP contribution < -0.4 is 5.32 Å². The van der Waals surface area contributed by atoms with E-state index in [9.17, 15) is 0 Å². The number of furan rings is 1. The number of hydrogen-bond donors (Lipinski definition) is 1. The van der Waals surface area contributed by atoms with Crippen LogP contribution in [0.4, 0.5) is 0 Å². The second-order valence-electron chi connectivity index (χ2n) is 14.2. The number of nitrogens with one attached hydrogen (secondary N) is 1. The van der Waals surface area contributed by atoms with Crippen LogP contribution in [0.3, 0.4) is 0 Å². The van der Waals surface area contributed by atoms with Crippen molar-refractivity contribution >= 4 is 65.9 Å². The van der Waals surface area contributed by atoms with Crippen molar-refractivity contribution in [1.29, 1.82) is 0 Å². The van der Waals surface area contributed by atoms with Crippen LogP contribution in [-0.4, -0.2) is 11.7 Å². The standard InChI is InChI=1S/C51H33N3O/c1-2-10-32(11-3-1)34-18-24-37(25-19-34)49-52-50(40-27-20-33-12-4-5-14-38(33)30-40)54-51(53-49)48-42(28-29-46-47(48)43-16-8-9-17-45(43)55-46)39-26-23-36-22-21-35-13-6-7-15-41(35)44(36)31-39/h1-31,51H,(H,52,53,54). The van der Waals surface area contributed by atoms with Gasteiger partial charge in [-0.3, -0.25) is 0 Å². The van der Waals surface area contributed by atoms with E-state index in [0.717, 1.165) is 66.5 Å². The maximum Gasteiger partial charge on any atom is 0.159 e. The second kappa shape index (κ2) is 12.7. The number of benzene rings is 9. The highest BCUT2D eigenvalue weighted by molar-refractivity contribution is 6.16. The van der Waals surface area contributed by atoms with E-state index in [4.69, 9.17) is 14.4 Å². The molecule has 1 aromatic heterocycles. The van der Waals surface area contributed by atoms with Crippen molar-refractivity contribution in [1.82, 2.24) is 5.32 Å². The minimum absolute atomic E-state index is 0.481. The number of amidine groups is 2. The van der Waals surface area contributed by atoms with Gasteiger partial charge in [-0.25, -0.2) is 9.98 Å². The average molecular weight is 704 g/mol. The summed E-state index contributed by atoms with van der Waals surface area (Å²) in [6.07, 6.45) is -0.481. The van der Waals surface area contributed by atoms with Crippen molar-refractivity contribution in [3.8, 4) is 22.3 Å². The first-order valence-corrected chi connectivity index (χ1v) is 18.7. The molecule has 11 rings (SSSR count). The summed E-state index contributed by atoms with van der Waals surface area (Å²) in [4.78, 5) is 10.7. The average Bonchev–Trinajstić information content (AvgIpc) is 3.65. The molecular formula is C51H33N3O. The maximum absolute atomic E-state index is 6.52. The second-order valence-corrected chi connectivity index (χ2v) is 14.2. The third-order valence-electron chi connectivity index (χ3n) is 10.9. The molecule has 0 aliphatic carbocycles. The van der Waals surface area contributed by atoms with Crippen LogP contribution in [0.15, 0.2) is 202 Å². The highest BCUT2D eigenvalue weighted by atomic mass is 16.3. The largest absolute Gasteiger partial charge is 0.456 e. The van der Waals surface area contributed by atoms with Crippen LogP contribution in [0.5, 0.6) is 0 Å². The Morgan fingerprint density at radius 1 is 0.418 bits per heavy atom. The Hall–Kier alpha value is -7.30. The molecule has 0 radical (unpaired) electrons. The van der Waals surface area contributed by atoms with Crippen LogP contribution >= 0.6 is 0 Å². The molecule has 2 heterocycles. The van der Waals surface area contributed by atoms with Crippen LogP contribution in [0.25, 0.3) is 76.5 Å². The van der Waals surface area contributed by atoms with Gasteiger partial charge in [0.25, 0.3) is 0 Å². The van der Waals surface area contributed by atoms with Gasteiger partial charge in [0.15, 0.2) is 5.84 Å². The molecule has 258 valence electrons. The van der Waals surface area contributed by atoms with Gasteiger partial charge >= 0.3 is 0 Å². The molecule has 0 spiro atoms. The first-order chi connectivity index (χ1) is 27.2. The van der Waals surface area contributed by atoms with E-state index in [2.05, 4.69) is 175 Å². The number of fused-ring (bicyclic) bond motifs is 7. The molecule has 1 aliphatic rings. The smallest absolute Gasteiger partial charge is 0.159 e. The monoisotopic (exact) mass is 703 g/mol. The van der Waals surface area contributed by atoms with Crippen LogP contribution in [0.1, 0.15) is 22.9 Å². The molecule has 0 fully saturated rings. The van der Waals surface area contributed by atoms with Gasteiger partial charge < -0.3 is 9.73 Å². The van der Waals surface area contributed by atoms with Gasteiger partial charge in [-0.1, -0.05) is 164 Å². The van der Waals surface area contributed by atoms with Gasteiger partial charge in [-0.2, -0.15) is 0 Å². The Morgan fingerprint density at radius 2 is 1.04 bits per heavy atom. The molecule has 9 aromatic carbocycles. The van der Waals surface area contributed by atoms with Crippen molar-refractivity contribution in [3.05, 3.63) is 205 Å². The highest BCUT2D eigenvalue weighted by Crippen LogP contribution is 2.42. The summed E-state index contributed by atoms with van der Waals surface area (Å²) in [5, 5.41) is 13.1. The summed E-state index contributed by atoms with van der Waals surface area (Å²) in [5.74, 6) is 1.44. The van der Waals surface area contributed by atoms with E-state index >= 15 is 0 Å². The molecule has 0 amide bonds. The van der Waals surface area contributed by atoms with E-state index in [1.54, 1.807) is 0 Å². The fraction of sp³-hybridized carbons (Fsp3) is 0.0196.